The summed E-state index contributed by atoms with van der Waals surface area (Å²) in [6.07, 6.45) is 1.55. The predicted molar refractivity (Wildman–Crippen MR) is 97.9 cm³/mol. The summed E-state index contributed by atoms with van der Waals surface area (Å²) in [6, 6.07) is 14.5. The highest BCUT2D eigenvalue weighted by molar-refractivity contribution is 6.30. The maximum atomic E-state index is 5.80. The first-order chi connectivity index (χ1) is 10.6. The Morgan fingerprint density at radius 1 is 0.957 bits per heavy atom. The molecular formula is C15H14Cl3N5. The lowest BCUT2D eigenvalue weighted by molar-refractivity contribution is 0.962. The van der Waals surface area contributed by atoms with E-state index in [1.807, 2.05) is 24.3 Å². The van der Waals surface area contributed by atoms with Crippen LogP contribution >= 0.6 is 35.6 Å². The van der Waals surface area contributed by atoms with Crippen LogP contribution in [0.4, 0.5) is 0 Å². The molecule has 23 heavy (non-hydrogen) atoms. The van der Waals surface area contributed by atoms with Gasteiger partial charge in [0.1, 0.15) is 0 Å². The smallest absolute Gasteiger partial charge is 0.259 e. The fourth-order valence-electron chi connectivity index (χ4n) is 1.50. The number of guanidine groups is 1. The molecule has 0 atom stereocenters. The number of rotatable bonds is 4. The molecule has 8 heteroatoms. The zero-order valence-corrected chi connectivity index (χ0v) is 14.3. The van der Waals surface area contributed by atoms with Gasteiger partial charge in [0, 0.05) is 10.0 Å². The maximum Gasteiger partial charge on any atom is 0.259 e. The van der Waals surface area contributed by atoms with E-state index in [1.54, 1.807) is 30.5 Å². The lowest BCUT2D eigenvalue weighted by Crippen LogP contribution is -2.06. The van der Waals surface area contributed by atoms with Crippen molar-refractivity contribution in [3.05, 3.63) is 69.7 Å². The molecule has 0 fully saturated rings. The van der Waals surface area contributed by atoms with Crippen molar-refractivity contribution >= 4 is 47.8 Å². The standard InChI is InChI=1S/C15H13Cl2N5.ClH/c16-13-5-1-11(2-6-13)9-19-21-15(18)22-20-10-12-3-7-14(17)8-4-12;/h1-9H,10H2,(H2,18,21);1H. The van der Waals surface area contributed by atoms with Crippen molar-refractivity contribution in [1.82, 2.24) is 0 Å². The Morgan fingerprint density at radius 2 is 1.52 bits per heavy atom. The van der Waals surface area contributed by atoms with Gasteiger partial charge < -0.3 is 5.73 Å². The molecule has 0 radical (unpaired) electrons. The molecule has 0 aliphatic rings. The summed E-state index contributed by atoms with van der Waals surface area (Å²) < 4.78 is 0. The summed E-state index contributed by atoms with van der Waals surface area (Å²) in [6.45, 7) is 0.397. The van der Waals surface area contributed by atoms with Crippen molar-refractivity contribution in [3.8, 4) is 0 Å². The molecule has 2 rings (SSSR count). The molecular weight excluding hydrogens is 357 g/mol. The van der Waals surface area contributed by atoms with E-state index in [0.717, 1.165) is 11.1 Å². The summed E-state index contributed by atoms with van der Waals surface area (Å²) in [7, 11) is 0. The van der Waals surface area contributed by atoms with E-state index in [1.165, 1.54) is 0 Å². The van der Waals surface area contributed by atoms with Crippen molar-refractivity contribution in [2.45, 2.75) is 6.54 Å². The second-order valence-electron chi connectivity index (χ2n) is 4.28. The van der Waals surface area contributed by atoms with Gasteiger partial charge in [0.15, 0.2) is 0 Å². The first-order valence-electron chi connectivity index (χ1n) is 6.37. The van der Waals surface area contributed by atoms with E-state index in [9.17, 15) is 0 Å². The quantitative estimate of drug-likeness (QED) is 0.359. The molecule has 2 N–H and O–H groups in total. The fourth-order valence-corrected chi connectivity index (χ4v) is 1.75. The second kappa shape index (κ2) is 9.94. The third-order valence-electron chi connectivity index (χ3n) is 2.58. The van der Waals surface area contributed by atoms with Crippen molar-refractivity contribution < 1.29 is 0 Å². The van der Waals surface area contributed by atoms with Crippen molar-refractivity contribution in [2.24, 2.45) is 26.2 Å². The lowest BCUT2D eigenvalue weighted by Gasteiger charge is -1.95. The molecule has 0 heterocycles. The van der Waals surface area contributed by atoms with Gasteiger partial charge in [-0.1, -0.05) is 47.5 Å². The molecule has 0 aromatic heterocycles. The Balaban J connectivity index is 0.00000264. The molecule has 0 aliphatic carbocycles. The van der Waals surface area contributed by atoms with Gasteiger partial charge in [-0.3, -0.25) is 0 Å². The molecule has 0 saturated heterocycles. The van der Waals surface area contributed by atoms with Crippen molar-refractivity contribution in [2.75, 3.05) is 0 Å². The second-order valence-corrected chi connectivity index (χ2v) is 5.15. The van der Waals surface area contributed by atoms with Crippen LogP contribution in [0.15, 0.2) is 69.0 Å². The number of nitrogens with two attached hydrogens (primary N) is 1. The van der Waals surface area contributed by atoms with Crippen LogP contribution in [0.2, 0.25) is 10.0 Å². The van der Waals surface area contributed by atoms with Gasteiger partial charge in [-0.05, 0) is 35.4 Å². The Labute approximate surface area is 150 Å². The van der Waals surface area contributed by atoms with Gasteiger partial charge in [-0.25, -0.2) is 0 Å². The monoisotopic (exact) mass is 369 g/mol. The van der Waals surface area contributed by atoms with E-state index in [2.05, 4.69) is 20.4 Å². The highest BCUT2D eigenvalue weighted by atomic mass is 35.5. The van der Waals surface area contributed by atoms with Gasteiger partial charge in [0.2, 0.25) is 0 Å². The van der Waals surface area contributed by atoms with Crippen molar-refractivity contribution in [3.63, 3.8) is 0 Å². The number of benzene rings is 2. The maximum absolute atomic E-state index is 5.80. The minimum Gasteiger partial charge on any atom is -0.365 e. The summed E-state index contributed by atoms with van der Waals surface area (Å²) >= 11 is 11.6. The number of azo groups is 1. The van der Waals surface area contributed by atoms with Crippen LogP contribution in [0.5, 0.6) is 0 Å². The van der Waals surface area contributed by atoms with Crippen LogP contribution < -0.4 is 5.73 Å². The summed E-state index contributed by atoms with van der Waals surface area (Å²) in [5.74, 6) is -0.0147. The SMILES string of the molecule is Cl.NC(N=NCc1ccc(Cl)cc1)=NN=Cc1ccc(Cl)cc1. The molecule has 0 bridgehead atoms. The molecule has 2 aromatic rings. The van der Waals surface area contributed by atoms with Crippen LogP contribution in [-0.2, 0) is 6.54 Å². The number of hydrogen-bond donors (Lipinski definition) is 1. The molecule has 120 valence electrons. The van der Waals surface area contributed by atoms with Gasteiger partial charge in [-0.15, -0.1) is 22.6 Å². The molecule has 0 amide bonds. The van der Waals surface area contributed by atoms with Gasteiger partial charge in [-0.2, -0.15) is 10.2 Å². The van der Waals surface area contributed by atoms with Crippen molar-refractivity contribution in [1.29, 1.82) is 0 Å². The van der Waals surface area contributed by atoms with E-state index < -0.39 is 0 Å². The minimum atomic E-state index is -0.0147. The van der Waals surface area contributed by atoms with Crippen LogP contribution in [0.3, 0.4) is 0 Å². The van der Waals surface area contributed by atoms with E-state index in [0.29, 0.717) is 16.6 Å². The molecule has 5 nitrogen and oxygen atoms in total. The minimum absolute atomic E-state index is 0. The largest absolute Gasteiger partial charge is 0.365 e. The molecule has 2 aromatic carbocycles. The molecule has 0 aliphatic heterocycles. The predicted octanol–water partition coefficient (Wildman–Crippen LogP) is 4.72. The van der Waals surface area contributed by atoms with Gasteiger partial charge in [0.05, 0.1) is 12.8 Å². The average Bonchev–Trinajstić information content (AvgIpc) is 2.51. The zero-order valence-electron chi connectivity index (χ0n) is 11.9. The van der Waals surface area contributed by atoms with Crippen LogP contribution in [0.25, 0.3) is 0 Å². The summed E-state index contributed by atoms with van der Waals surface area (Å²) in [4.78, 5) is 0. The Hall–Kier alpha value is -1.95. The zero-order chi connectivity index (χ0) is 15.8. The summed E-state index contributed by atoms with van der Waals surface area (Å²) in [5.41, 5.74) is 7.42. The Bertz CT molecular complexity index is 694. The van der Waals surface area contributed by atoms with Crippen LogP contribution in [-0.4, -0.2) is 12.2 Å². The molecule has 0 spiro atoms. The first-order valence-corrected chi connectivity index (χ1v) is 7.13. The average molecular weight is 371 g/mol. The number of halogens is 3. The van der Waals surface area contributed by atoms with Gasteiger partial charge >= 0.3 is 0 Å². The van der Waals surface area contributed by atoms with Crippen LogP contribution in [0, 0.1) is 0 Å². The topological polar surface area (TPSA) is 75.5 Å². The highest BCUT2D eigenvalue weighted by Crippen LogP contribution is 2.10. The fraction of sp³-hybridized carbons (Fsp3) is 0.0667. The van der Waals surface area contributed by atoms with Gasteiger partial charge in [0.25, 0.3) is 5.96 Å². The Morgan fingerprint density at radius 3 is 2.13 bits per heavy atom. The first kappa shape index (κ1) is 19.1. The van der Waals surface area contributed by atoms with E-state index in [-0.39, 0.29) is 18.4 Å². The Kier molecular flexibility index (Phi) is 8.26. The molecule has 0 saturated carbocycles. The number of nitrogens with zero attached hydrogens (tertiary/aromatic N) is 4. The highest BCUT2D eigenvalue weighted by Gasteiger charge is 1.92. The number of hydrogen-bond acceptors (Lipinski definition) is 3. The summed E-state index contributed by atoms with van der Waals surface area (Å²) in [5, 5.41) is 16.6. The van der Waals surface area contributed by atoms with Crippen LogP contribution in [0.1, 0.15) is 11.1 Å². The normalized spacial score (nSPS) is 11.8. The third kappa shape index (κ3) is 7.23. The van der Waals surface area contributed by atoms with E-state index in [4.69, 9.17) is 28.9 Å². The third-order valence-corrected chi connectivity index (χ3v) is 3.08. The molecule has 0 unspecified atom stereocenters. The van der Waals surface area contributed by atoms with E-state index >= 15 is 0 Å². The lowest BCUT2D eigenvalue weighted by atomic mass is 10.2.